The predicted molar refractivity (Wildman–Crippen MR) is 88.8 cm³/mol. The molecule has 1 aliphatic rings. The van der Waals surface area contributed by atoms with Crippen LogP contribution in [0.4, 0.5) is 8.78 Å². The minimum absolute atomic E-state index is 0.0309. The summed E-state index contributed by atoms with van der Waals surface area (Å²) in [5, 5.41) is 3.59. The minimum atomic E-state index is -2.89. The number of rotatable bonds is 5. The molecule has 1 aliphatic heterocycles. The second kappa shape index (κ2) is 7.57. The fourth-order valence-corrected chi connectivity index (χ4v) is 2.74. The second-order valence-electron chi connectivity index (χ2n) is 5.81. The highest BCUT2D eigenvalue weighted by Gasteiger charge is 2.21. The molecule has 2 aromatic rings. The molecular formula is C18H18F2N2O3. The van der Waals surface area contributed by atoms with Crippen molar-refractivity contribution < 1.29 is 23.0 Å². The van der Waals surface area contributed by atoms with Gasteiger partial charge in [-0.2, -0.15) is 8.78 Å². The molecular weight excluding hydrogens is 330 g/mol. The van der Waals surface area contributed by atoms with E-state index < -0.39 is 6.61 Å². The first-order chi connectivity index (χ1) is 12.0. The monoisotopic (exact) mass is 348 g/mol. The van der Waals surface area contributed by atoms with Gasteiger partial charge in [0.05, 0.1) is 29.8 Å². The average molecular weight is 348 g/mol. The standard InChI is InChI=1S/C18H18F2N2O3/c1-2-14-6-4-13(10-24-14)22-17(23)12-7-11-3-5-15(25-18(19)20)8-16(11)21-9-12/h2-3,5,7-9,13-14,18H,1,4,6,10H2,(H,22,23)/t13-,14-/m1/s1. The van der Waals surface area contributed by atoms with Crippen molar-refractivity contribution in [1.29, 1.82) is 0 Å². The molecule has 5 nitrogen and oxygen atoms in total. The van der Waals surface area contributed by atoms with Crippen LogP contribution in [0, 0.1) is 0 Å². The van der Waals surface area contributed by atoms with Crippen molar-refractivity contribution in [2.75, 3.05) is 6.61 Å². The molecule has 0 saturated carbocycles. The first-order valence-corrected chi connectivity index (χ1v) is 7.95. The molecule has 2 atom stereocenters. The molecule has 1 fully saturated rings. The Hall–Kier alpha value is -2.54. The van der Waals surface area contributed by atoms with Gasteiger partial charge in [0.15, 0.2) is 0 Å². The van der Waals surface area contributed by atoms with Crippen molar-refractivity contribution in [3.05, 3.63) is 48.7 Å². The molecule has 132 valence electrons. The van der Waals surface area contributed by atoms with Crippen LogP contribution >= 0.6 is 0 Å². The molecule has 3 rings (SSSR count). The average Bonchev–Trinajstić information content (AvgIpc) is 2.61. The zero-order valence-electron chi connectivity index (χ0n) is 13.5. The third-order valence-electron chi connectivity index (χ3n) is 4.05. The second-order valence-corrected chi connectivity index (χ2v) is 5.81. The first-order valence-electron chi connectivity index (χ1n) is 7.95. The fourth-order valence-electron chi connectivity index (χ4n) is 2.74. The van der Waals surface area contributed by atoms with E-state index in [-0.39, 0.29) is 23.8 Å². The van der Waals surface area contributed by atoms with E-state index in [0.29, 0.717) is 23.1 Å². The minimum Gasteiger partial charge on any atom is -0.435 e. The highest BCUT2D eigenvalue weighted by Crippen LogP contribution is 2.22. The highest BCUT2D eigenvalue weighted by molar-refractivity contribution is 5.97. The van der Waals surface area contributed by atoms with Gasteiger partial charge < -0.3 is 14.8 Å². The number of benzene rings is 1. The van der Waals surface area contributed by atoms with Crippen LogP contribution in [-0.2, 0) is 4.74 Å². The number of hydrogen-bond donors (Lipinski definition) is 1. The molecule has 7 heteroatoms. The van der Waals surface area contributed by atoms with Gasteiger partial charge in [0.25, 0.3) is 5.91 Å². The number of nitrogens with zero attached hydrogens (tertiary/aromatic N) is 1. The Balaban J connectivity index is 1.68. The quantitative estimate of drug-likeness (QED) is 0.843. The van der Waals surface area contributed by atoms with Crippen LogP contribution in [0.15, 0.2) is 43.1 Å². The van der Waals surface area contributed by atoms with E-state index in [2.05, 4.69) is 21.6 Å². The van der Waals surface area contributed by atoms with Gasteiger partial charge in [-0.1, -0.05) is 6.08 Å². The molecule has 2 heterocycles. The van der Waals surface area contributed by atoms with Crippen LogP contribution in [0.1, 0.15) is 23.2 Å². The zero-order valence-corrected chi connectivity index (χ0v) is 13.5. The number of carbonyl (C=O) groups is 1. The molecule has 0 bridgehead atoms. The Morgan fingerprint density at radius 3 is 2.92 bits per heavy atom. The largest absolute Gasteiger partial charge is 0.435 e. The van der Waals surface area contributed by atoms with Crippen molar-refractivity contribution in [2.45, 2.75) is 31.6 Å². The van der Waals surface area contributed by atoms with Gasteiger partial charge in [0, 0.05) is 17.6 Å². The topological polar surface area (TPSA) is 60.5 Å². The van der Waals surface area contributed by atoms with Crippen LogP contribution in [0.5, 0.6) is 5.75 Å². The molecule has 1 N–H and O–H groups in total. The van der Waals surface area contributed by atoms with Gasteiger partial charge in [-0.05, 0) is 31.0 Å². The van der Waals surface area contributed by atoms with Gasteiger partial charge in [0.1, 0.15) is 5.75 Å². The molecule has 0 spiro atoms. The van der Waals surface area contributed by atoms with Crippen molar-refractivity contribution >= 4 is 16.8 Å². The number of pyridine rings is 1. The maximum Gasteiger partial charge on any atom is 0.387 e. The van der Waals surface area contributed by atoms with Crippen LogP contribution in [0.3, 0.4) is 0 Å². The van der Waals surface area contributed by atoms with Crippen molar-refractivity contribution in [2.24, 2.45) is 0 Å². The highest BCUT2D eigenvalue weighted by atomic mass is 19.3. The van der Waals surface area contributed by atoms with Gasteiger partial charge >= 0.3 is 6.61 Å². The van der Waals surface area contributed by atoms with Crippen molar-refractivity contribution in [1.82, 2.24) is 10.3 Å². The van der Waals surface area contributed by atoms with Crippen LogP contribution in [0.25, 0.3) is 10.9 Å². The Kier molecular flexibility index (Phi) is 5.23. The molecule has 1 aromatic carbocycles. The first kappa shape index (κ1) is 17.3. The van der Waals surface area contributed by atoms with Crippen LogP contribution < -0.4 is 10.1 Å². The lowest BCUT2D eigenvalue weighted by Gasteiger charge is -2.27. The lowest BCUT2D eigenvalue weighted by atomic mass is 10.0. The van der Waals surface area contributed by atoms with E-state index in [9.17, 15) is 13.6 Å². The number of nitrogens with one attached hydrogen (secondary N) is 1. The molecule has 0 aliphatic carbocycles. The van der Waals surface area contributed by atoms with E-state index in [1.54, 1.807) is 18.2 Å². The summed E-state index contributed by atoms with van der Waals surface area (Å²) in [6.45, 7) is 1.25. The Bertz CT molecular complexity index is 774. The van der Waals surface area contributed by atoms with E-state index in [0.717, 1.165) is 12.8 Å². The van der Waals surface area contributed by atoms with E-state index >= 15 is 0 Å². The van der Waals surface area contributed by atoms with Gasteiger partial charge in [0.2, 0.25) is 0 Å². The number of aromatic nitrogens is 1. The molecule has 1 aromatic heterocycles. The number of carbonyl (C=O) groups excluding carboxylic acids is 1. The number of hydrogen-bond acceptors (Lipinski definition) is 4. The maximum absolute atomic E-state index is 12.4. The number of ether oxygens (including phenoxy) is 2. The summed E-state index contributed by atoms with van der Waals surface area (Å²) < 4.78 is 34.4. The van der Waals surface area contributed by atoms with Gasteiger partial charge in [-0.15, -0.1) is 6.58 Å². The molecule has 25 heavy (non-hydrogen) atoms. The summed E-state index contributed by atoms with van der Waals surface area (Å²) in [7, 11) is 0. The summed E-state index contributed by atoms with van der Waals surface area (Å²) in [5.41, 5.74) is 0.880. The lowest BCUT2D eigenvalue weighted by molar-refractivity contribution is -0.0497. The van der Waals surface area contributed by atoms with Gasteiger partial charge in [-0.3, -0.25) is 9.78 Å². The summed E-state index contributed by atoms with van der Waals surface area (Å²) in [6, 6.07) is 6.03. The maximum atomic E-state index is 12.4. The summed E-state index contributed by atoms with van der Waals surface area (Å²) in [4.78, 5) is 16.5. The van der Waals surface area contributed by atoms with Crippen molar-refractivity contribution in [3.63, 3.8) is 0 Å². The summed E-state index contributed by atoms with van der Waals surface area (Å²) in [6.07, 6.45) is 4.85. The number of fused-ring (bicyclic) bond motifs is 1. The van der Waals surface area contributed by atoms with E-state index in [4.69, 9.17) is 4.74 Å². The van der Waals surface area contributed by atoms with E-state index in [1.165, 1.54) is 18.3 Å². The molecule has 1 amide bonds. The predicted octanol–water partition coefficient (Wildman–Crippen LogP) is 3.30. The smallest absolute Gasteiger partial charge is 0.387 e. The zero-order chi connectivity index (χ0) is 17.8. The third-order valence-corrected chi connectivity index (χ3v) is 4.05. The normalized spacial score (nSPS) is 20.4. The molecule has 0 radical (unpaired) electrons. The Morgan fingerprint density at radius 1 is 1.40 bits per heavy atom. The van der Waals surface area contributed by atoms with E-state index in [1.807, 2.05) is 0 Å². The Morgan fingerprint density at radius 2 is 2.24 bits per heavy atom. The molecule has 1 saturated heterocycles. The molecule has 0 unspecified atom stereocenters. The number of alkyl halides is 2. The Labute approximate surface area is 143 Å². The van der Waals surface area contributed by atoms with Crippen LogP contribution in [-0.4, -0.2) is 36.3 Å². The number of halogens is 2. The summed E-state index contributed by atoms with van der Waals surface area (Å²) in [5.74, 6) is -0.212. The number of amides is 1. The van der Waals surface area contributed by atoms with Gasteiger partial charge in [-0.25, -0.2) is 0 Å². The third kappa shape index (κ3) is 4.30. The fraction of sp³-hybridized carbons (Fsp3) is 0.333. The lowest BCUT2D eigenvalue weighted by Crippen LogP contribution is -2.42. The van der Waals surface area contributed by atoms with Crippen molar-refractivity contribution in [3.8, 4) is 5.75 Å². The SMILES string of the molecule is C=C[C@@H]1CC[C@@H](NC(=O)c2cnc3cc(OC(F)F)ccc3c2)CO1. The van der Waals surface area contributed by atoms with Crippen LogP contribution in [0.2, 0.25) is 0 Å². The summed E-state index contributed by atoms with van der Waals surface area (Å²) >= 11 is 0.